The Bertz CT molecular complexity index is 1200. The summed E-state index contributed by atoms with van der Waals surface area (Å²) in [6.45, 7) is 3.82. The van der Waals surface area contributed by atoms with E-state index in [1.165, 1.54) is 5.01 Å². The van der Waals surface area contributed by atoms with Gasteiger partial charge in [0.05, 0.1) is 32.8 Å². The average molecular weight is 507 g/mol. The predicted molar refractivity (Wildman–Crippen MR) is 134 cm³/mol. The van der Waals surface area contributed by atoms with Crippen LogP contribution in [0.4, 0.5) is 0 Å². The Morgan fingerprint density at radius 1 is 1.05 bits per heavy atom. The van der Waals surface area contributed by atoms with Crippen molar-refractivity contribution >= 4 is 17.5 Å². The van der Waals surface area contributed by atoms with Crippen LogP contribution in [0.5, 0.6) is 5.75 Å². The molecular formula is C27H30N4O6. The molecule has 0 unspecified atom stereocenters. The van der Waals surface area contributed by atoms with Crippen molar-refractivity contribution in [3.05, 3.63) is 78.1 Å². The van der Waals surface area contributed by atoms with E-state index < -0.39 is 6.04 Å². The van der Waals surface area contributed by atoms with Gasteiger partial charge in [-0.1, -0.05) is 0 Å². The fourth-order valence-electron chi connectivity index (χ4n) is 4.53. The van der Waals surface area contributed by atoms with Crippen molar-refractivity contribution in [1.29, 1.82) is 0 Å². The SMILES string of the molecule is COc1ccc(C(=O)N(CCN2CCOCC2)CC(=O)N2N=C(c3ccco3)C[C@H]2c2ccco2)cc1. The van der Waals surface area contributed by atoms with Gasteiger partial charge in [-0.3, -0.25) is 14.5 Å². The van der Waals surface area contributed by atoms with Crippen LogP contribution < -0.4 is 4.74 Å². The zero-order valence-corrected chi connectivity index (χ0v) is 20.7. The van der Waals surface area contributed by atoms with E-state index in [4.69, 9.17) is 18.3 Å². The van der Waals surface area contributed by atoms with Gasteiger partial charge in [-0.05, 0) is 48.5 Å². The summed E-state index contributed by atoms with van der Waals surface area (Å²) in [5.41, 5.74) is 1.14. The Labute approximate surface area is 215 Å². The fourth-order valence-corrected chi connectivity index (χ4v) is 4.53. The number of rotatable bonds is 9. The molecule has 0 aliphatic carbocycles. The van der Waals surface area contributed by atoms with Crippen molar-refractivity contribution in [2.75, 3.05) is 53.0 Å². The molecule has 1 saturated heterocycles. The van der Waals surface area contributed by atoms with E-state index in [-0.39, 0.29) is 18.4 Å². The van der Waals surface area contributed by atoms with Gasteiger partial charge in [0.2, 0.25) is 0 Å². The molecule has 1 fully saturated rings. The number of carbonyl (C=O) groups is 2. The minimum Gasteiger partial charge on any atom is -0.497 e. The minimum absolute atomic E-state index is 0.124. The Morgan fingerprint density at radius 3 is 2.49 bits per heavy atom. The third kappa shape index (κ3) is 5.76. The molecule has 5 rings (SSSR count). The first-order valence-corrected chi connectivity index (χ1v) is 12.3. The molecule has 10 heteroatoms. The Morgan fingerprint density at radius 2 is 1.81 bits per heavy atom. The molecule has 4 heterocycles. The van der Waals surface area contributed by atoms with Gasteiger partial charge < -0.3 is 23.2 Å². The topological polar surface area (TPSA) is 101 Å². The van der Waals surface area contributed by atoms with Crippen LogP contribution in [0.3, 0.4) is 0 Å². The number of nitrogens with zero attached hydrogens (tertiary/aromatic N) is 4. The maximum Gasteiger partial charge on any atom is 0.262 e. The Kier molecular flexibility index (Phi) is 7.67. The third-order valence-corrected chi connectivity index (χ3v) is 6.58. The zero-order valence-electron chi connectivity index (χ0n) is 20.7. The highest BCUT2D eigenvalue weighted by atomic mass is 16.5. The lowest BCUT2D eigenvalue weighted by atomic mass is 10.1. The van der Waals surface area contributed by atoms with Crippen molar-refractivity contribution in [3.63, 3.8) is 0 Å². The molecule has 1 atom stereocenters. The number of morpholine rings is 1. The lowest BCUT2D eigenvalue weighted by Gasteiger charge is -2.31. The number of hydrogen-bond donors (Lipinski definition) is 0. The first-order chi connectivity index (χ1) is 18.1. The molecule has 0 radical (unpaired) electrons. The lowest BCUT2D eigenvalue weighted by Crippen LogP contribution is -2.46. The van der Waals surface area contributed by atoms with Crippen molar-refractivity contribution in [2.24, 2.45) is 5.10 Å². The second kappa shape index (κ2) is 11.4. The van der Waals surface area contributed by atoms with Gasteiger partial charge in [-0.2, -0.15) is 5.10 Å². The molecule has 10 nitrogen and oxygen atoms in total. The van der Waals surface area contributed by atoms with Gasteiger partial charge in [-0.15, -0.1) is 0 Å². The highest BCUT2D eigenvalue weighted by Crippen LogP contribution is 2.33. The van der Waals surface area contributed by atoms with Gasteiger partial charge in [-0.25, -0.2) is 5.01 Å². The molecule has 2 aliphatic heterocycles. The summed E-state index contributed by atoms with van der Waals surface area (Å²) in [7, 11) is 1.58. The minimum atomic E-state index is -0.417. The van der Waals surface area contributed by atoms with E-state index in [9.17, 15) is 9.59 Å². The molecule has 2 aliphatic rings. The summed E-state index contributed by atoms with van der Waals surface area (Å²) in [6.07, 6.45) is 3.60. The maximum atomic E-state index is 13.7. The van der Waals surface area contributed by atoms with Crippen LogP contribution in [0.1, 0.15) is 34.3 Å². The molecule has 2 amide bonds. The predicted octanol–water partition coefficient (Wildman–Crippen LogP) is 3.03. The number of benzene rings is 1. The maximum absolute atomic E-state index is 13.7. The first-order valence-electron chi connectivity index (χ1n) is 12.3. The molecule has 0 saturated carbocycles. The van der Waals surface area contributed by atoms with E-state index in [0.717, 1.165) is 13.1 Å². The molecule has 194 valence electrons. The fraction of sp³-hybridized carbons (Fsp3) is 0.370. The van der Waals surface area contributed by atoms with Crippen LogP contribution in [-0.2, 0) is 9.53 Å². The monoisotopic (exact) mass is 506 g/mol. The molecular weight excluding hydrogens is 476 g/mol. The summed E-state index contributed by atoms with van der Waals surface area (Å²) < 4.78 is 21.8. The van der Waals surface area contributed by atoms with Crippen LogP contribution in [0.25, 0.3) is 0 Å². The number of ether oxygens (including phenoxy) is 2. The van der Waals surface area contributed by atoms with Crippen molar-refractivity contribution in [1.82, 2.24) is 14.8 Å². The van der Waals surface area contributed by atoms with Crippen molar-refractivity contribution in [3.8, 4) is 5.75 Å². The van der Waals surface area contributed by atoms with Gasteiger partial charge in [0, 0.05) is 38.2 Å². The molecule has 2 aromatic heterocycles. The summed E-state index contributed by atoms with van der Waals surface area (Å²) in [5, 5.41) is 6.01. The number of carbonyl (C=O) groups excluding carboxylic acids is 2. The third-order valence-electron chi connectivity index (χ3n) is 6.58. The van der Waals surface area contributed by atoms with Gasteiger partial charge in [0.1, 0.15) is 35.6 Å². The van der Waals surface area contributed by atoms with Gasteiger partial charge >= 0.3 is 0 Å². The van der Waals surface area contributed by atoms with E-state index in [1.54, 1.807) is 60.9 Å². The number of hydrazone groups is 1. The number of hydrogen-bond acceptors (Lipinski definition) is 8. The molecule has 3 aromatic rings. The standard InChI is InChI=1S/C27H30N4O6/c1-34-21-8-6-20(7-9-21)27(33)30(11-10-29-12-16-35-17-13-29)19-26(32)31-23(25-5-3-15-37-25)18-22(28-31)24-4-2-14-36-24/h2-9,14-15,23H,10-13,16-19H2,1H3/t23-/m0/s1. The quantitative estimate of drug-likeness (QED) is 0.440. The van der Waals surface area contributed by atoms with E-state index in [0.29, 0.717) is 61.3 Å². The molecule has 37 heavy (non-hydrogen) atoms. The summed E-state index contributed by atoms with van der Waals surface area (Å²) >= 11 is 0. The lowest BCUT2D eigenvalue weighted by molar-refractivity contribution is -0.134. The van der Waals surface area contributed by atoms with E-state index >= 15 is 0 Å². The zero-order chi connectivity index (χ0) is 25.6. The summed E-state index contributed by atoms with van der Waals surface area (Å²) in [5.74, 6) is 1.36. The van der Waals surface area contributed by atoms with Crippen molar-refractivity contribution in [2.45, 2.75) is 12.5 Å². The molecule has 0 bridgehead atoms. The van der Waals surface area contributed by atoms with E-state index in [1.807, 2.05) is 12.1 Å². The van der Waals surface area contributed by atoms with Crippen LogP contribution >= 0.6 is 0 Å². The van der Waals surface area contributed by atoms with Crippen LogP contribution in [0.15, 0.2) is 75.0 Å². The smallest absolute Gasteiger partial charge is 0.262 e. The first kappa shape index (κ1) is 24.8. The normalized spacial score (nSPS) is 18.0. The second-order valence-electron chi connectivity index (χ2n) is 8.91. The highest BCUT2D eigenvalue weighted by molar-refractivity contribution is 6.02. The number of furan rings is 2. The van der Waals surface area contributed by atoms with Gasteiger partial charge in [0.15, 0.2) is 0 Å². The average Bonchev–Trinajstić information content (AvgIpc) is 3.72. The number of amides is 2. The van der Waals surface area contributed by atoms with Crippen LogP contribution in [0, 0.1) is 0 Å². The second-order valence-corrected chi connectivity index (χ2v) is 8.91. The number of methoxy groups -OCH3 is 1. The van der Waals surface area contributed by atoms with Gasteiger partial charge in [0.25, 0.3) is 11.8 Å². The largest absolute Gasteiger partial charge is 0.497 e. The van der Waals surface area contributed by atoms with Crippen LogP contribution in [-0.4, -0.2) is 85.4 Å². The molecule has 1 aromatic carbocycles. The molecule has 0 spiro atoms. The molecule has 0 N–H and O–H groups in total. The highest BCUT2D eigenvalue weighted by Gasteiger charge is 2.37. The van der Waals surface area contributed by atoms with Crippen LogP contribution in [0.2, 0.25) is 0 Å². The Hall–Kier alpha value is -3.89. The Balaban J connectivity index is 1.36. The summed E-state index contributed by atoms with van der Waals surface area (Å²) in [6, 6.07) is 13.7. The summed E-state index contributed by atoms with van der Waals surface area (Å²) in [4.78, 5) is 31.0. The van der Waals surface area contributed by atoms with E-state index in [2.05, 4.69) is 10.0 Å². The van der Waals surface area contributed by atoms with Crippen molar-refractivity contribution < 1.29 is 27.9 Å².